The van der Waals surface area contributed by atoms with Crippen molar-refractivity contribution in [3.05, 3.63) is 24.0 Å². The van der Waals surface area contributed by atoms with E-state index in [0.29, 0.717) is 17.9 Å². The predicted molar refractivity (Wildman–Crippen MR) is 58.5 cm³/mol. The van der Waals surface area contributed by atoms with Crippen LogP contribution in [0.25, 0.3) is 0 Å². The number of hydrogen-bond acceptors (Lipinski definition) is 3. The van der Waals surface area contributed by atoms with Crippen molar-refractivity contribution in [3.8, 4) is 5.75 Å². The Labute approximate surface area is 94.3 Å². The normalized spacial score (nSPS) is 26.2. The Morgan fingerprint density at radius 2 is 2.19 bits per heavy atom. The Morgan fingerprint density at radius 3 is 2.62 bits per heavy atom. The SMILES string of the molecule is COc1cccnc1C1(C(=O)O)CC1(C)C. The van der Waals surface area contributed by atoms with E-state index in [1.54, 1.807) is 18.3 Å². The molecule has 16 heavy (non-hydrogen) atoms. The van der Waals surface area contributed by atoms with Crippen molar-refractivity contribution in [2.75, 3.05) is 7.11 Å². The monoisotopic (exact) mass is 221 g/mol. The van der Waals surface area contributed by atoms with Crippen LogP contribution < -0.4 is 4.74 Å². The predicted octanol–water partition coefficient (Wildman–Crippen LogP) is 1.84. The minimum Gasteiger partial charge on any atom is -0.495 e. The van der Waals surface area contributed by atoms with E-state index in [2.05, 4.69) is 4.98 Å². The van der Waals surface area contributed by atoms with Crippen molar-refractivity contribution in [2.45, 2.75) is 25.7 Å². The second kappa shape index (κ2) is 3.20. The molecule has 1 unspecified atom stereocenters. The zero-order valence-electron chi connectivity index (χ0n) is 9.65. The molecule has 1 N–H and O–H groups in total. The molecule has 1 heterocycles. The number of hydrogen-bond donors (Lipinski definition) is 1. The fourth-order valence-electron chi connectivity index (χ4n) is 2.37. The first-order valence-electron chi connectivity index (χ1n) is 5.18. The molecule has 1 aliphatic carbocycles. The summed E-state index contributed by atoms with van der Waals surface area (Å²) in [5.74, 6) is -0.273. The number of pyridine rings is 1. The Balaban J connectivity index is 2.55. The van der Waals surface area contributed by atoms with Gasteiger partial charge in [-0.05, 0) is 24.0 Å². The van der Waals surface area contributed by atoms with Crippen LogP contribution in [0.3, 0.4) is 0 Å². The number of carbonyl (C=O) groups is 1. The smallest absolute Gasteiger partial charge is 0.316 e. The summed E-state index contributed by atoms with van der Waals surface area (Å²) in [5.41, 5.74) is -0.616. The molecule has 0 saturated heterocycles. The average molecular weight is 221 g/mol. The van der Waals surface area contributed by atoms with Gasteiger partial charge in [-0.1, -0.05) is 13.8 Å². The quantitative estimate of drug-likeness (QED) is 0.846. The molecule has 1 saturated carbocycles. The van der Waals surface area contributed by atoms with E-state index in [-0.39, 0.29) is 5.41 Å². The lowest BCUT2D eigenvalue weighted by Gasteiger charge is -2.17. The van der Waals surface area contributed by atoms with Gasteiger partial charge < -0.3 is 9.84 Å². The molecule has 1 aromatic rings. The molecule has 1 aromatic heterocycles. The van der Waals surface area contributed by atoms with Gasteiger partial charge in [0.2, 0.25) is 0 Å². The molecule has 1 atom stereocenters. The van der Waals surface area contributed by atoms with Gasteiger partial charge in [-0.25, -0.2) is 0 Å². The lowest BCUT2D eigenvalue weighted by atomic mass is 9.91. The topological polar surface area (TPSA) is 59.4 Å². The maximum Gasteiger partial charge on any atom is 0.316 e. The molecule has 2 rings (SSSR count). The van der Waals surface area contributed by atoms with Gasteiger partial charge in [0.25, 0.3) is 0 Å². The Bertz CT molecular complexity index is 442. The summed E-state index contributed by atoms with van der Waals surface area (Å²) in [7, 11) is 1.53. The van der Waals surface area contributed by atoms with Crippen LogP contribution >= 0.6 is 0 Å². The standard InChI is InChI=1S/C12H15NO3/c1-11(2)7-12(11,10(14)15)9-8(16-3)5-4-6-13-9/h4-6H,7H2,1-3H3,(H,14,15). The highest BCUT2D eigenvalue weighted by Gasteiger charge is 2.69. The fraction of sp³-hybridized carbons (Fsp3) is 0.500. The lowest BCUT2D eigenvalue weighted by molar-refractivity contribution is -0.141. The minimum absolute atomic E-state index is 0.263. The zero-order valence-corrected chi connectivity index (χ0v) is 9.65. The van der Waals surface area contributed by atoms with Crippen molar-refractivity contribution in [1.82, 2.24) is 4.98 Å². The number of methoxy groups -OCH3 is 1. The van der Waals surface area contributed by atoms with Crippen molar-refractivity contribution in [1.29, 1.82) is 0 Å². The van der Waals surface area contributed by atoms with Gasteiger partial charge in [0.05, 0.1) is 7.11 Å². The first kappa shape index (κ1) is 10.9. The van der Waals surface area contributed by atoms with Gasteiger partial charge >= 0.3 is 5.97 Å². The minimum atomic E-state index is -0.889. The molecule has 1 aliphatic rings. The lowest BCUT2D eigenvalue weighted by Crippen LogP contribution is -2.27. The third kappa shape index (κ3) is 1.22. The molecule has 0 bridgehead atoms. The van der Waals surface area contributed by atoms with Crippen molar-refractivity contribution < 1.29 is 14.6 Å². The van der Waals surface area contributed by atoms with E-state index in [1.807, 2.05) is 13.8 Å². The molecule has 4 nitrogen and oxygen atoms in total. The maximum absolute atomic E-state index is 11.5. The van der Waals surface area contributed by atoms with Crippen LogP contribution in [0.15, 0.2) is 18.3 Å². The Hall–Kier alpha value is -1.58. The van der Waals surface area contributed by atoms with Crippen LogP contribution in [-0.2, 0) is 10.2 Å². The van der Waals surface area contributed by atoms with Crippen LogP contribution in [0.5, 0.6) is 5.75 Å². The summed E-state index contributed by atoms with van der Waals surface area (Å²) < 4.78 is 5.19. The molecule has 0 aliphatic heterocycles. The maximum atomic E-state index is 11.5. The van der Waals surface area contributed by atoms with Gasteiger partial charge in [0.15, 0.2) is 0 Å². The number of rotatable bonds is 3. The summed E-state index contributed by atoms with van der Waals surface area (Å²) >= 11 is 0. The number of carboxylic acid groups (broad SMARTS) is 1. The highest BCUT2D eigenvalue weighted by atomic mass is 16.5. The van der Waals surface area contributed by atoms with Crippen LogP contribution in [0, 0.1) is 5.41 Å². The third-order valence-electron chi connectivity index (χ3n) is 3.50. The van der Waals surface area contributed by atoms with Crippen LogP contribution in [0.1, 0.15) is 26.0 Å². The second-order valence-corrected chi connectivity index (χ2v) is 4.83. The van der Waals surface area contributed by atoms with E-state index >= 15 is 0 Å². The summed E-state index contributed by atoms with van der Waals surface area (Å²) in [6, 6.07) is 3.49. The van der Waals surface area contributed by atoms with Gasteiger partial charge in [-0.3, -0.25) is 9.78 Å². The second-order valence-electron chi connectivity index (χ2n) is 4.83. The van der Waals surface area contributed by atoms with Crippen LogP contribution in [0.2, 0.25) is 0 Å². The van der Waals surface area contributed by atoms with Crippen LogP contribution in [0.4, 0.5) is 0 Å². The van der Waals surface area contributed by atoms with Gasteiger partial charge in [0, 0.05) is 6.20 Å². The Kier molecular flexibility index (Phi) is 2.19. The average Bonchev–Trinajstić information content (AvgIpc) is 2.83. The molecule has 0 radical (unpaired) electrons. The van der Waals surface area contributed by atoms with E-state index < -0.39 is 11.4 Å². The van der Waals surface area contributed by atoms with E-state index in [0.717, 1.165) is 0 Å². The van der Waals surface area contributed by atoms with E-state index in [1.165, 1.54) is 7.11 Å². The first-order valence-corrected chi connectivity index (χ1v) is 5.18. The van der Waals surface area contributed by atoms with E-state index in [9.17, 15) is 9.90 Å². The third-order valence-corrected chi connectivity index (χ3v) is 3.50. The number of ether oxygens (including phenoxy) is 1. The molecule has 0 amide bonds. The van der Waals surface area contributed by atoms with Crippen LogP contribution in [-0.4, -0.2) is 23.2 Å². The largest absolute Gasteiger partial charge is 0.495 e. The number of carboxylic acids is 1. The highest BCUT2D eigenvalue weighted by molar-refractivity contribution is 5.87. The van der Waals surface area contributed by atoms with Crippen molar-refractivity contribution in [3.63, 3.8) is 0 Å². The van der Waals surface area contributed by atoms with Gasteiger partial charge in [-0.15, -0.1) is 0 Å². The molecular weight excluding hydrogens is 206 g/mol. The number of nitrogens with zero attached hydrogens (tertiary/aromatic N) is 1. The molecular formula is C12H15NO3. The van der Waals surface area contributed by atoms with Crippen molar-refractivity contribution in [2.24, 2.45) is 5.41 Å². The number of aromatic nitrogens is 1. The van der Waals surface area contributed by atoms with Gasteiger partial charge in [-0.2, -0.15) is 0 Å². The molecule has 0 spiro atoms. The van der Waals surface area contributed by atoms with E-state index in [4.69, 9.17) is 4.74 Å². The summed E-state index contributed by atoms with van der Waals surface area (Å²) in [5, 5.41) is 9.42. The summed E-state index contributed by atoms with van der Waals surface area (Å²) in [4.78, 5) is 15.7. The summed E-state index contributed by atoms with van der Waals surface area (Å²) in [6.45, 7) is 3.88. The first-order chi connectivity index (χ1) is 7.45. The highest BCUT2D eigenvalue weighted by Crippen LogP contribution is 2.65. The summed E-state index contributed by atoms with van der Waals surface area (Å²) in [6.07, 6.45) is 2.21. The fourth-order valence-corrected chi connectivity index (χ4v) is 2.37. The molecule has 86 valence electrons. The molecule has 0 aromatic carbocycles. The van der Waals surface area contributed by atoms with Gasteiger partial charge in [0.1, 0.15) is 16.9 Å². The number of aliphatic carboxylic acids is 1. The van der Waals surface area contributed by atoms with Crippen molar-refractivity contribution >= 4 is 5.97 Å². The molecule has 4 heteroatoms. The zero-order chi connectivity index (χ0) is 12.0. The Morgan fingerprint density at radius 1 is 1.56 bits per heavy atom. The molecule has 1 fully saturated rings.